The Morgan fingerprint density at radius 2 is 1.83 bits per heavy atom. The average Bonchev–Trinajstić information content (AvgIpc) is 2.96. The first-order chi connectivity index (χ1) is 19.2. The zero-order valence-electron chi connectivity index (χ0n) is 22.8. The third kappa shape index (κ3) is 15.7. The molecule has 1 radical (unpaired) electrons. The maximum Gasteiger partial charge on any atom is 0.328 e. The molecule has 1 amide bonds. The summed E-state index contributed by atoms with van der Waals surface area (Å²) in [6.07, 6.45) is 6.59. The minimum absolute atomic E-state index is 0. The van der Waals surface area contributed by atoms with Gasteiger partial charge in [0.15, 0.2) is 0 Å². The SMILES string of the molecule is C=C(NCCCCC(NC(=O)c1ccc(N=[N-])nc1)C(=O)OC)c1cccnc1.O=C(O)CN(CCO)CCO.[Tc]. The largest absolute Gasteiger partial charge is 0.705 e. The molecular weight excluding hydrogens is 620 g/mol. The quantitative estimate of drug-likeness (QED) is 0.0928. The van der Waals surface area contributed by atoms with Crippen LogP contribution in [-0.4, -0.2) is 101 Å². The number of pyridine rings is 2. The normalized spacial score (nSPS) is 10.7. The van der Waals surface area contributed by atoms with Crippen molar-refractivity contribution < 1.29 is 54.5 Å². The van der Waals surface area contributed by atoms with Crippen LogP contribution in [0.3, 0.4) is 0 Å². The van der Waals surface area contributed by atoms with E-state index in [9.17, 15) is 14.4 Å². The molecule has 2 aromatic rings. The second-order valence-electron chi connectivity index (χ2n) is 8.31. The van der Waals surface area contributed by atoms with Gasteiger partial charge in [-0.05, 0) is 43.5 Å². The molecule has 0 fully saturated rings. The molecule has 0 aromatic carbocycles. The van der Waals surface area contributed by atoms with Crippen LogP contribution in [0, 0.1) is 0 Å². The second-order valence-corrected chi connectivity index (χ2v) is 8.31. The summed E-state index contributed by atoms with van der Waals surface area (Å²) in [5.74, 6) is -1.83. The molecule has 15 heteroatoms. The number of carbonyl (C=O) groups is 3. The van der Waals surface area contributed by atoms with Gasteiger partial charge in [-0.15, -0.1) is 0 Å². The molecule has 1 atom stereocenters. The van der Waals surface area contributed by atoms with Gasteiger partial charge in [-0.1, -0.05) is 6.58 Å². The zero-order chi connectivity index (χ0) is 29.8. The number of carbonyl (C=O) groups excluding carboxylic acids is 2. The average molecular weight is 657 g/mol. The van der Waals surface area contributed by atoms with Gasteiger partial charge in [-0.3, -0.25) is 19.5 Å². The van der Waals surface area contributed by atoms with Gasteiger partial charge in [-0.2, -0.15) is 0 Å². The summed E-state index contributed by atoms with van der Waals surface area (Å²) in [7, 11) is 1.28. The van der Waals surface area contributed by atoms with Crippen LogP contribution >= 0.6 is 0 Å². The number of unbranched alkanes of at least 4 members (excludes halogenated alkanes) is 1. The molecule has 2 rings (SSSR count). The van der Waals surface area contributed by atoms with Crippen LogP contribution in [0.2, 0.25) is 0 Å². The summed E-state index contributed by atoms with van der Waals surface area (Å²) >= 11 is 0. The number of aromatic nitrogens is 2. The summed E-state index contributed by atoms with van der Waals surface area (Å²) < 4.78 is 4.78. The van der Waals surface area contributed by atoms with E-state index < -0.39 is 23.9 Å². The fourth-order valence-corrected chi connectivity index (χ4v) is 3.31. The van der Waals surface area contributed by atoms with E-state index in [-0.39, 0.29) is 64.3 Å². The fourth-order valence-electron chi connectivity index (χ4n) is 3.31. The van der Waals surface area contributed by atoms with Crippen LogP contribution < -0.4 is 10.6 Å². The Hall–Kier alpha value is -3.62. The summed E-state index contributed by atoms with van der Waals surface area (Å²) in [5, 5.41) is 34.1. The first-order valence-electron chi connectivity index (χ1n) is 12.4. The number of aliphatic hydroxyl groups is 2. The van der Waals surface area contributed by atoms with Crippen LogP contribution in [0.4, 0.5) is 5.82 Å². The predicted molar refractivity (Wildman–Crippen MR) is 146 cm³/mol. The van der Waals surface area contributed by atoms with Gasteiger partial charge >= 0.3 is 11.9 Å². The number of carboxylic acid groups (broad SMARTS) is 1. The first kappa shape index (κ1) is 37.4. The van der Waals surface area contributed by atoms with E-state index in [1.54, 1.807) is 12.4 Å². The molecule has 225 valence electrons. The molecule has 5 N–H and O–H groups in total. The van der Waals surface area contributed by atoms with E-state index in [0.717, 1.165) is 17.7 Å². The van der Waals surface area contributed by atoms with Crippen LogP contribution in [0.5, 0.6) is 0 Å². The fraction of sp³-hybridized carbons (Fsp3) is 0.423. The number of aliphatic hydroxyl groups excluding tert-OH is 2. The number of hydrogen-bond acceptors (Lipinski definition) is 11. The van der Waals surface area contributed by atoms with Crippen molar-refractivity contribution in [3.8, 4) is 0 Å². The van der Waals surface area contributed by atoms with E-state index in [2.05, 4.69) is 32.3 Å². The van der Waals surface area contributed by atoms with Gasteiger partial charge in [-0.25, -0.2) is 9.78 Å². The number of ether oxygens (including phenoxy) is 1. The van der Waals surface area contributed by atoms with Crippen molar-refractivity contribution in [3.05, 3.63) is 66.1 Å². The second kappa shape index (κ2) is 22.1. The molecule has 0 spiro atoms. The van der Waals surface area contributed by atoms with Gasteiger partial charge in [0.05, 0.1) is 32.4 Å². The van der Waals surface area contributed by atoms with Crippen molar-refractivity contribution in [1.82, 2.24) is 25.5 Å². The van der Waals surface area contributed by atoms with Gasteiger partial charge < -0.3 is 41.3 Å². The molecule has 0 aliphatic heterocycles. The third-order valence-electron chi connectivity index (χ3n) is 5.36. The third-order valence-corrected chi connectivity index (χ3v) is 5.36. The Morgan fingerprint density at radius 1 is 1.12 bits per heavy atom. The molecule has 2 aromatic heterocycles. The Balaban J connectivity index is 0.00000113. The minimum atomic E-state index is -0.952. The van der Waals surface area contributed by atoms with Crippen LogP contribution in [0.15, 0.2) is 54.5 Å². The van der Waals surface area contributed by atoms with E-state index in [4.69, 9.17) is 25.6 Å². The maximum atomic E-state index is 12.3. The topological polar surface area (TPSA) is 209 Å². The number of aliphatic carboxylic acids is 1. The van der Waals surface area contributed by atoms with E-state index >= 15 is 0 Å². The molecule has 1 unspecified atom stereocenters. The van der Waals surface area contributed by atoms with Crippen molar-refractivity contribution in [2.75, 3.05) is 46.5 Å². The summed E-state index contributed by atoms with van der Waals surface area (Å²) in [4.78, 5) is 43.8. The number of carboxylic acids is 1. The van der Waals surface area contributed by atoms with Gasteiger partial charge in [0.2, 0.25) is 0 Å². The number of rotatable bonds is 17. The number of nitrogens with zero attached hydrogens (tertiary/aromatic N) is 5. The molecule has 0 aliphatic rings. The molecule has 0 bridgehead atoms. The molecular formula is C26H36N7O7Tc-. The first-order valence-corrected chi connectivity index (χ1v) is 12.4. The standard InChI is InChI=1S/C20H23N6O3.C6H13NO4.Tc/c1-14(15-6-5-10-22-12-15)23-11-4-3-7-17(20(28)29-2)25-19(27)16-8-9-18(26-21)24-13-16;8-3-1-7(2-4-9)5-6(10)11;/h5-6,8-10,12-13,17,23H,1,3-4,7,11H2,2H3,(H,25,27);8-9H,1-5H2,(H,10,11);/q-1;;. The van der Waals surface area contributed by atoms with Crippen molar-refractivity contribution in [2.24, 2.45) is 5.11 Å². The molecule has 0 aliphatic carbocycles. The van der Waals surface area contributed by atoms with Gasteiger partial charge in [0, 0.05) is 69.6 Å². The van der Waals surface area contributed by atoms with Gasteiger partial charge in [0.1, 0.15) is 11.9 Å². The van der Waals surface area contributed by atoms with Crippen LogP contribution in [-0.2, 0) is 34.4 Å². The number of methoxy groups -OCH3 is 1. The van der Waals surface area contributed by atoms with E-state index in [1.807, 2.05) is 12.1 Å². The monoisotopic (exact) mass is 655 g/mol. The Kier molecular flexibility index (Phi) is 20.2. The summed E-state index contributed by atoms with van der Waals surface area (Å²) in [6, 6.07) is 5.84. The molecule has 0 saturated heterocycles. The Bertz CT molecular complexity index is 1070. The Morgan fingerprint density at radius 3 is 2.34 bits per heavy atom. The van der Waals surface area contributed by atoms with Crippen LogP contribution in [0.1, 0.15) is 35.2 Å². The maximum absolute atomic E-state index is 12.3. The minimum Gasteiger partial charge on any atom is -0.705 e. The number of hydrogen-bond donors (Lipinski definition) is 5. The van der Waals surface area contributed by atoms with E-state index in [1.165, 1.54) is 30.3 Å². The smallest absolute Gasteiger partial charge is 0.328 e. The van der Waals surface area contributed by atoms with E-state index in [0.29, 0.717) is 19.4 Å². The molecule has 0 saturated carbocycles. The molecule has 2 heterocycles. The van der Waals surface area contributed by atoms with Crippen molar-refractivity contribution >= 4 is 29.4 Å². The predicted octanol–water partition coefficient (Wildman–Crippen LogP) is 1.19. The van der Waals surface area contributed by atoms with Crippen molar-refractivity contribution in [3.63, 3.8) is 0 Å². The number of nitrogens with one attached hydrogen (secondary N) is 2. The van der Waals surface area contributed by atoms with Crippen molar-refractivity contribution in [2.45, 2.75) is 25.3 Å². The summed E-state index contributed by atoms with van der Waals surface area (Å²) in [5.41, 5.74) is 10.6. The Labute approximate surface area is 252 Å². The number of esters is 1. The van der Waals surface area contributed by atoms with Gasteiger partial charge in [0.25, 0.3) is 5.91 Å². The summed E-state index contributed by atoms with van der Waals surface area (Å²) in [6.45, 7) is 4.90. The molecule has 41 heavy (non-hydrogen) atoms. The number of amides is 1. The molecule has 14 nitrogen and oxygen atoms in total. The zero-order valence-corrected chi connectivity index (χ0v) is 24.6. The van der Waals surface area contributed by atoms with Crippen LogP contribution in [0.25, 0.3) is 11.2 Å². The van der Waals surface area contributed by atoms with Crippen molar-refractivity contribution in [1.29, 1.82) is 0 Å².